The van der Waals surface area contributed by atoms with Crippen molar-refractivity contribution < 1.29 is 18.7 Å². The van der Waals surface area contributed by atoms with Crippen LogP contribution in [-0.2, 0) is 0 Å². The number of methoxy groups -OCH3 is 1. The van der Waals surface area contributed by atoms with E-state index in [1.54, 1.807) is 30.3 Å². The molecule has 0 saturated carbocycles. The number of carbonyl (C=O) groups is 2. The molecule has 0 radical (unpaired) electrons. The molecule has 0 atom stereocenters. The van der Waals surface area contributed by atoms with E-state index in [9.17, 15) is 14.0 Å². The first-order valence-electron chi connectivity index (χ1n) is 6.07. The van der Waals surface area contributed by atoms with Gasteiger partial charge >= 0.3 is 0 Å². The Balaban J connectivity index is 2.13. The minimum atomic E-state index is -0.620. The number of ketones is 2. The van der Waals surface area contributed by atoms with E-state index in [-0.39, 0.29) is 23.5 Å². The lowest BCUT2D eigenvalue weighted by molar-refractivity contribution is 0.0894. The highest BCUT2D eigenvalue weighted by Crippen LogP contribution is 2.19. The van der Waals surface area contributed by atoms with E-state index < -0.39 is 11.6 Å². The van der Waals surface area contributed by atoms with Crippen LogP contribution in [0, 0.1) is 5.82 Å². The fourth-order valence-corrected chi connectivity index (χ4v) is 1.81. The Kier molecular flexibility index (Phi) is 4.25. The fourth-order valence-electron chi connectivity index (χ4n) is 1.81. The maximum atomic E-state index is 13.5. The van der Waals surface area contributed by atoms with E-state index in [1.165, 1.54) is 19.2 Å². The first kappa shape index (κ1) is 13.9. The van der Waals surface area contributed by atoms with Crippen LogP contribution in [0.1, 0.15) is 27.1 Å². The van der Waals surface area contributed by atoms with Gasteiger partial charge in [0, 0.05) is 11.1 Å². The third kappa shape index (κ3) is 3.09. The van der Waals surface area contributed by atoms with Gasteiger partial charge in [0.2, 0.25) is 0 Å². The van der Waals surface area contributed by atoms with Crippen LogP contribution in [-0.4, -0.2) is 18.7 Å². The highest BCUT2D eigenvalue weighted by atomic mass is 19.1. The minimum Gasteiger partial charge on any atom is -0.494 e. The normalized spacial score (nSPS) is 10.1. The summed E-state index contributed by atoms with van der Waals surface area (Å²) in [5, 5.41) is 0. The molecule has 2 rings (SSSR count). The van der Waals surface area contributed by atoms with Crippen molar-refractivity contribution in [3.05, 3.63) is 65.5 Å². The van der Waals surface area contributed by atoms with Crippen LogP contribution in [0.3, 0.4) is 0 Å². The summed E-state index contributed by atoms with van der Waals surface area (Å²) < 4.78 is 18.3. The number of ether oxygens (including phenoxy) is 1. The highest BCUT2D eigenvalue weighted by molar-refractivity contribution is 6.13. The molecule has 3 nitrogen and oxygen atoms in total. The van der Waals surface area contributed by atoms with E-state index >= 15 is 0 Å². The van der Waals surface area contributed by atoms with Crippen LogP contribution >= 0.6 is 0 Å². The Morgan fingerprint density at radius 3 is 2.25 bits per heavy atom. The molecular formula is C16H13FO3. The summed E-state index contributed by atoms with van der Waals surface area (Å²) in [4.78, 5) is 23.8. The second-order valence-corrected chi connectivity index (χ2v) is 4.24. The second kappa shape index (κ2) is 6.10. The molecule has 0 amide bonds. The molecule has 2 aromatic carbocycles. The van der Waals surface area contributed by atoms with Crippen molar-refractivity contribution >= 4 is 11.6 Å². The van der Waals surface area contributed by atoms with Crippen molar-refractivity contribution in [2.45, 2.75) is 6.42 Å². The van der Waals surface area contributed by atoms with Gasteiger partial charge in [-0.05, 0) is 18.2 Å². The van der Waals surface area contributed by atoms with Crippen molar-refractivity contribution in [1.82, 2.24) is 0 Å². The Morgan fingerprint density at radius 1 is 1.00 bits per heavy atom. The van der Waals surface area contributed by atoms with E-state index in [0.29, 0.717) is 5.56 Å². The second-order valence-electron chi connectivity index (χ2n) is 4.24. The third-order valence-corrected chi connectivity index (χ3v) is 2.89. The van der Waals surface area contributed by atoms with E-state index in [1.807, 2.05) is 0 Å². The smallest absolute Gasteiger partial charge is 0.170 e. The molecule has 0 aliphatic heterocycles. The summed E-state index contributed by atoms with van der Waals surface area (Å²) in [6, 6.07) is 12.4. The maximum Gasteiger partial charge on any atom is 0.170 e. The minimum absolute atomic E-state index is 0.0657. The lowest BCUT2D eigenvalue weighted by Gasteiger charge is -2.04. The number of carbonyl (C=O) groups excluding carboxylic acids is 2. The van der Waals surface area contributed by atoms with Gasteiger partial charge < -0.3 is 4.74 Å². The SMILES string of the molecule is COc1ccc(C(=O)CC(=O)c2ccccc2)cc1F. The standard InChI is InChI=1S/C16H13FO3/c1-20-16-8-7-12(9-13(16)17)15(19)10-14(18)11-5-3-2-4-6-11/h2-9H,10H2,1H3. The zero-order valence-electron chi connectivity index (χ0n) is 10.9. The lowest BCUT2D eigenvalue weighted by atomic mass is 10.0. The van der Waals surface area contributed by atoms with Gasteiger partial charge in [-0.15, -0.1) is 0 Å². The summed E-state index contributed by atoms with van der Waals surface area (Å²) >= 11 is 0. The van der Waals surface area contributed by atoms with Crippen LogP contribution in [0.25, 0.3) is 0 Å². The average Bonchev–Trinajstić information content (AvgIpc) is 2.48. The molecule has 0 N–H and O–H groups in total. The monoisotopic (exact) mass is 272 g/mol. The largest absolute Gasteiger partial charge is 0.494 e. The quantitative estimate of drug-likeness (QED) is 0.619. The summed E-state index contributed by atoms with van der Waals surface area (Å²) in [5.74, 6) is -1.26. The Morgan fingerprint density at radius 2 is 1.65 bits per heavy atom. The van der Waals surface area contributed by atoms with Gasteiger partial charge in [-0.1, -0.05) is 30.3 Å². The van der Waals surface area contributed by atoms with Gasteiger partial charge in [0.05, 0.1) is 13.5 Å². The maximum absolute atomic E-state index is 13.5. The molecule has 0 aliphatic rings. The number of rotatable bonds is 5. The predicted octanol–water partition coefficient (Wildman–Crippen LogP) is 3.29. The van der Waals surface area contributed by atoms with Crippen LogP contribution in [0.2, 0.25) is 0 Å². The number of Topliss-reactive ketones (excluding diaryl/α,β-unsaturated/α-hetero) is 2. The van der Waals surface area contributed by atoms with Gasteiger partial charge in [0.25, 0.3) is 0 Å². The average molecular weight is 272 g/mol. The number of hydrogen-bond donors (Lipinski definition) is 0. The van der Waals surface area contributed by atoms with E-state index in [2.05, 4.69) is 0 Å². The van der Waals surface area contributed by atoms with Gasteiger partial charge in [0.1, 0.15) is 0 Å². The van der Waals surface area contributed by atoms with Gasteiger partial charge in [-0.25, -0.2) is 4.39 Å². The molecule has 0 aliphatic carbocycles. The van der Waals surface area contributed by atoms with Gasteiger partial charge in [-0.2, -0.15) is 0 Å². The molecule has 0 unspecified atom stereocenters. The van der Waals surface area contributed by atoms with E-state index in [4.69, 9.17) is 4.74 Å². The number of benzene rings is 2. The Hall–Kier alpha value is -2.49. The summed E-state index contributed by atoms with van der Waals surface area (Å²) in [5.41, 5.74) is 0.627. The molecule has 4 heteroatoms. The van der Waals surface area contributed by atoms with Crippen molar-refractivity contribution in [3.63, 3.8) is 0 Å². The molecule has 0 bridgehead atoms. The van der Waals surface area contributed by atoms with Gasteiger partial charge in [0.15, 0.2) is 23.1 Å². The molecule has 0 saturated heterocycles. The Labute approximate surface area is 116 Å². The van der Waals surface area contributed by atoms with Crippen molar-refractivity contribution in [2.24, 2.45) is 0 Å². The van der Waals surface area contributed by atoms with Crippen molar-refractivity contribution in [3.8, 4) is 5.75 Å². The first-order valence-corrected chi connectivity index (χ1v) is 6.07. The summed E-state index contributed by atoms with van der Waals surface area (Å²) in [7, 11) is 1.35. The zero-order valence-corrected chi connectivity index (χ0v) is 10.9. The topological polar surface area (TPSA) is 43.4 Å². The number of halogens is 1. The van der Waals surface area contributed by atoms with Crippen molar-refractivity contribution in [1.29, 1.82) is 0 Å². The fraction of sp³-hybridized carbons (Fsp3) is 0.125. The summed E-state index contributed by atoms with van der Waals surface area (Å²) in [6.45, 7) is 0. The molecule has 2 aromatic rings. The van der Waals surface area contributed by atoms with Crippen LogP contribution in [0.15, 0.2) is 48.5 Å². The highest BCUT2D eigenvalue weighted by Gasteiger charge is 2.15. The number of hydrogen-bond acceptors (Lipinski definition) is 3. The van der Waals surface area contributed by atoms with E-state index in [0.717, 1.165) is 6.07 Å². The van der Waals surface area contributed by atoms with Crippen molar-refractivity contribution in [2.75, 3.05) is 7.11 Å². The molecule has 0 fully saturated rings. The molecule has 20 heavy (non-hydrogen) atoms. The molecule has 0 heterocycles. The molecule has 102 valence electrons. The molecular weight excluding hydrogens is 259 g/mol. The van der Waals surface area contributed by atoms with Gasteiger partial charge in [-0.3, -0.25) is 9.59 Å². The summed E-state index contributed by atoms with van der Waals surface area (Å²) in [6.07, 6.45) is -0.282. The predicted molar refractivity (Wildman–Crippen MR) is 72.7 cm³/mol. The van der Waals surface area contributed by atoms with Crippen LogP contribution < -0.4 is 4.74 Å². The lowest BCUT2D eigenvalue weighted by Crippen LogP contribution is -2.09. The third-order valence-electron chi connectivity index (χ3n) is 2.89. The first-order chi connectivity index (χ1) is 9.61. The Bertz CT molecular complexity index is 635. The molecule has 0 spiro atoms. The van der Waals surface area contributed by atoms with Crippen LogP contribution in [0.4, 0.5) is 4.39 Å². The zero-order chi connectivity index (χ0) is 14.5. The molecule has 0 aromatic heterocycles. The van der Waals surface area contributed by atoms with Crippen LogP contribution in [0.5, 0.6) is 5.75 Å².